The molecule has 10 nitrogen and oxygen atoms in total. The summed E-state index contributed by atoms with van der Waals surface area (Å²) < 4.78 is 13.4. The number of rotatable bonds is 13. The number of carbonyl (C=O) groups is 1. The van der Waals surface area contributed by atoms with Crippen molar-refractivity contribution in [2.75, 3.05) is 51.3 Å². The van der Waals surface area contributed by atoms with E-state index in [0.717, 1.165) is 74.7 Å². The zero-order valence-corrected chi connectivity index (χ0v) is 23.1. The number of hydrogen-bond donors (Lipinski definition) is 2. The third-order valence-corrected chi connectivity index (χ3v) is 6.59. The summed E-state index contributed by atoms with van der Waals surface area (Å²) in [6, 6.07) is 5.93. The molecule has 1 fully saturated rings. The van der Waals surface area contributed by atoms with Crippen molar-refractivity contribution >= 4 is 41.8 Å². The summed E-state index contributed by atoms with van der Waals surface area (Å²) >= 11 is 0. The molecule has 204 valence electrons. The number of nitrogens with zero attached hydrogens (tertiary/aromatic N) is 5. The largest absolute Gasteiger partial charge is 0.492 e. The van der Waals surface area contributed by atoms with Gasteiger partial charge in [-0.25, -0.2) is 4.98 Å². The second kappa shape index (κ2) is 13.9. The fourth-order valence-electron chi connectivity index (χ4n) is 4.41. The van der Waals surface area contributed by atoms with Crippen LogP contribution >= 0.6 is 13.5 Å². The van der Waals surface area contributed by atoms with E-state index >= 15 is 0 Å². The van der Waals surface area contributed by atoms with Crippen molar-refractivity contribution in [2.45, 2.75) is 52.6 Å². The molecule has 1 aliphatic rings. The number of Topliss-reactive ketones (excluding diaryl/α,β-unsaturated/α-hetero) is 1. The molecular formula is C26H40N6O4S. The number of aromatic nitrogens is 4. The molecule has 11 heteroatoms. The third kappa shape index (κ3) is 7.53. The second-order valence-electron chi connectivity index (χ2n) is 9.71. The molecular weight excluding hydrogens is 492 g/mol. The molecule has 1 aromatic carbocycles. The van der Waals surface area contributed by atoms with Gasteiger partial charge in [-0.2, -0.15) is 13.5 Å². The van der Waals surface area contributed by atoms with E-state index in [-0.39, 0.29) is 25.2 Å². The number of anilines is 1. The predicted molar refractivity (Wildman–Crippen MR) is 149 cm³/mol. The Balaban J connectivity index is 0.00000380. The van der Waals surface area contributed by atoms with Gasteiger partial charge in [0.1, 0.15) is 24.3 Å². The Morgan fingerprint density at radius 3 is 2.73 bits per heavy atom. The first kappa shape index (κ1) is 29.1. The maximum absolute atomic E-state index is 12.0. The molecule has 1 atom stereocenters. The van der Waals surface area contributed by atoms with E-state index in [1.165, 1.54) is 0 Å². The summed E-state index contributed by atoms with van der Waals surface area (Å²) in [6.45, 7) is 11.3. The maximum atomic E-state index is 12.0. The summed E-state index contributed by atoms with van der Waals surface area (Å²) in [5, 5.41) is 21.9. The quantitative estimate of drug-likeness (QED) is 0.321. The van der Waals surface area contributed by atoms with Crippen LogP contribution in [-0.2, 0) is 9.53 Å². The molecule has 2 N–H and O–H groups in total. The Bertz CT molecular complexity index is 1160. The van der Waals surface area contributed by atoms with E-state index in [4.69, 9.17) is 14.5 Å². The van der Waals surface area contributed by atoms with Crippen molar-refractivity contribution < 1.29 is 19.4 Å². The number of hydrogen-bond acceptors (Lipinski definition) is 9. The average molecular weight is 533 g/mol. The summed E-state index contributed by atoms with van der Waals surface area (Å²) in [5.74, 6) is 2.15. The number of ketones is 1. The molecule has 0 aliphatic carbocycles. The highest BCUT2D eigenvalue weighted by atomic mass is 32.1. The first-order valence-electron chi connectivity index (χ1n) is 13.0. The van der Waals surface area contributed by atoms with E-state index in [1.54, 1.807) is 0 Å². The minimum Gasteiger partial charge on any atom is -0.492 e. The van der Waals surface area contributed by atoms with Gasteiger partial charge in [0.25, 0.3) is 0 Å². The van der Waals surface area contributed by atoms with Gasteiger partial charge in [-0.15, -0.1) is 10.2 Å². The van der Waals surface area contributed by atoms with Gasteiger partial charge in [0, 0.05) is 38.7 Å². The molecule has 0 radical (unpaired) electrons. The number of carbonyl (C=O) groups excluding carboxylic acids is 1. The fourth-order valence-corrected chi connectivity index (χ4v) is 4.41. The van der Waals surface area contributed by atoms with Gasteiger partial charge in [-0.3, -0.25) is 14.1 Å². The van der Waals surface area contributed by atoms with Crippen molar-refractivity contribution in [1.29, 1.82) is 0 Å². The van der Waals surface area contributed by atoms with Crippen molar-refractivity contribution in [3.05, 3.63) is 24.0 Å². The summed E-state index contributed by atoms with van der Waals surface area (Å²) in [6.07, 6.45) is 2.09. The number of ether oxygens (including phenoxy) is 2. The predicted octanol–water partition coefficient (Wildman–Crippen LogP) is 2.97. The Kier molecular flexibility index (Phi) is 10.9. The maximum Gasteiger partial charge on any atom is 0.204 e. The van der Waals surface area contributed by atoms with E-state index < -0.39 is 6.10 Å². The lowest BCUT2D eigenvalue weighted by atomic mass is 9.99. The smallest absolute Gasteiger partial charge is 0.204 e. The van der Waals surface area contributed by atoms with Crippen LogP contribution in [0.5, 0.6) is 5.75 Å². The molecule has 1 aliphatic heterocycles. The van der Waals surface area contributed by atoms with Gasteiger partial charge in [-0.1, -0.05) is 20.3 Å². The molecule has 0 unspecified atom stereocenters. The molecule has 4 rings (SSSR count). The van der Waals surface area contributed by atoms with Crippen molar-refractivity contribution in [2.24, 2.45) is 5.92 Å². The van der Waals surface area contributed by atoms with E-state index in [2.05, 4.69) is 20.4 Å². The molecule has 1 saturated heterocycles. The zero-order chi connectivity index (χ0) is 25.5. The van der Waals surface area contributed by atoms with Gasteiger partial charge < -0.3 is 19.9 Å². The highest BCUT2D eigenvalue weighted by Crippen LogP contribution is 2.25. The average Bonchev–Trinajstić information content (AvgIpc) is 3.27. The van der Waals surface area contributed by atoms with Gasteiger partial charge >= 0.3 is 0 Å². The van der Waals surface area contributed by atoms with Crippen molar-refractivity contribution in [3.8, 4) is 5.75 Å². The Morgan fingerprint density at radius 1 is 1.19 bits per heavy atom. The molecule has 0 spiro atoms. The molecule has 3 heterocycles. The molecule has 0 saturated carbocycles. The second-order valence-corrected chi connectivity index (χ2v) is 9.71. The SMILES string of the molecule is Cc1nnc2c(NCCCCCC(=O)[C@@H](O)C(C)C)nc3cc(OCCN4CCOCC4)ccc3n12.S. The molecule has 2 aromatic heterocycles. The topological polar surface area (TPSA) is 114 Å². The Morgan fingerprint density at radius 2 is 1.97 bits per heavy atom. The minimum absolute atomic E-state index is 0. The van der Waals surface area contributed by atoms with Crippen LogP contribution in [0.3, 0.4) is 0 Å². The van der Waals surface area contributed by atoms with Crippen LogP contribution < -0.4 is 10.1 Å². The number of fused-ring (bicyclic) bond motifs is 3. The summed E-state index contributed by atoms with van der Waals surface area (Å²) in [4.78, 5) is 19.2. The van der Waals surface area contributed by atoms with Crippen LogP contribution in [0.25, 0.3) is 16.7 Å². The van der Waals surface area contributed by atoms with Crippen LogP contribution in [0.2, 0.25) is 0 Å². The van der Waals surface area contributed by atoms with Crippen LogP contribution in [-0.4, -0.2) is 87.5 Å². The highest BCUT2D eigenvalue weighted by molar-refractivity contribution is 7.59. The Hall–Kier alpha value is -2.47. The standard InChI is InChI=1S/C26H38N6O4.H2S/c1-18(2)24(34)23(33)7-5-4-6-10-27-25-26-30-29-19(3)32(26)22-9-8-20(17-21(22)28-25)36-16-13-31-11-14-35-15-12-31;/h8-9,17-18,24,34H,4-7,10-16H2,1-3H3,(H,27,28);1H2/t24-;/m0./s1. The lowest BCUT2D eigenvalue weighted by molar-refractivity contribution is -0.129. The number of aryl methyl sites for hydroxylation is 1. The first-order valence-corrected chi connectivity index (χ1v) is 13.0. The van der Waals surface area contributed by atoms with E-state index in [1.807, 2.05) is 43.4 Å². The number of unbranched alkanes of at least 4 members (excludes halogenated alkanes) is 2. The number of benzene rings is 1. The number of morpholine rings is 1. The summed E-state index contributed by atoms with van der Waals surface area (Å²) in [5.41, 5.74) is 2.43. The zero-order valence-electron chi connectivity index (χ0n) is 22.1. The van der Waals surface area contributed by atoms with Gasteiger partial charge in [0.2, 0.25) is 5.65 Å². The van der Waals surface area contributed by atoms with Crippen LogP contribution in [0.1, 0.15) is 45.4 Å². The number of nitrogens with one attached hydrogen (secondary N) is 1. The number of aliphatic hydroxyl groups is 1. The Labute approximate surface area is 225 Å². The highest BCUT2D eigenvalue weighted by Gasteiger charge is 2.18. The first-order chi connectivity index (χ1) is 17.4. The molecule has 0 amide bonds. The van der Waals surface area contributed by atoms with Gasteiger partial charge in [-0.05, 0) is 37.8 Å². The molecule has 0 bridgehead atoms. The van der Waals surface area contributed by atoms with Gasteiger partial charge in [0.05, 0.1) is 24.2 Å². The minimum atomic E-state index is -0.859. The summed E-state index contributed by atoms with van der Waals surface area (Å²) in [7, 11) is 0. The van der Waals surface area contributed by atoms with E-state index in [9.17, 15) is 9.90 Å². The number of aliphatic hydroxyl groups excluding tert-OH is 1. The fraction of sp³-hybridized carbons (Fsp3) is 0.615. The third-order valence-electron chi connectivity index (χ3n) is 6.59. The normalized spacial score (nSPS) is 15.2. The van der Waals surface area contributed by atoms with Gasteiger partial charge in [0.15, 0.2) is 11.6 Å². The monoisotopic (exact) mass is 532 g/mol. The van der Waals surface area contributed by atoms with Crippen molar-refractivity contribution in [1.82, 2.24) is 24.5 Å². The molecule has 3 aromatic rings. The van der Waals surface area contributed by atoms with Crippen LogP contribution in [0.4, 0.5) is 5.82 Å². The lowest BCUT2D eigenvalue weighted by Gasteiger charge is -2.26. The van der Waals surface area contributed by atoms with E-state index in [0.29, 0.717) is 31.0 Å². The molecule has 37 heavy (non-hydrogen) atoms. The van der Waals surface area contributed by atoms with Crippen LogP contribution in [0, 0.1) is 12.8 Å². The lowest BCUT2D eigenvalue weighted by Crippen LogP contribution is -2.38. The van der Waals surface area contributed by atoms with Crippen LogP contribution in [0.15, 0.2) is 18.2 Å². The van der Waals surface area contributed by atoms with Crippen molar-refractivity contribution in [3.63, 3.8) is 0 Å².